The first kappa shape index (κ1) is 22.1. The van der Waals surface area contributed by atoms with Crippen molar-refractivity contribution in [1.82, 2.24) is 10.2 Å². The van der Waals surface area contributed by atoms with Gasteiger partial charge in [0.05, 0.1) is 13.1 Å². The number of likely N-dealkylation sites (N-methyl/N-ethyl adjacent to an activating group) is 1. The fraction of sp³-hybridized carbons (Fsp3) is 0.455. The van der Waals surface area contributed by atoms with Crippen molar-refractivity contribution < 1.29 is 9.59 Å². The molecular formula is C22H31N3O2S. The van der Waals surface area contributed by atoms with E-state index in [0.29, 0.717) is 0 Å². The quantitative estimate of drug-likeness (QED) is 0.733. The van der Waals surface area contributed by atoms with E-state index in [9.17, 15) is 9.59 Å². The second-order valence-corrected chi connectivity index (χ2v) is 9.24. The van der Waals surface area contributed by atoms with Crippen molar-refractivity contribution in [2.45, 2.75) is 40.7 Å². The highest BCUT2D eigenvalue weighted by molar-refractivity contribution is 7.10. The lowest BCUT2D eigenvalue weighted by Crippen LogP contribution is -2.43. The number of aryl methyl sites for hydroxylation is 2. The number of rotatable bonds is 7. The van der Waals surface area contributed by atoms with E-state index in [1.165, 1.54) is 9.78 Å². The zero-order chi connectivity index (χ0) is 20.9. The molecule has 0 spiro atoms. The molecule has 1 aromatic heterocycles. The van der Waals surface area contributed by atoms with E-state index in [4.69, 9.17) is 0 Å². The van der Waals surface area contributed by atoms with Gasteiger partial charge in [0.1, 0.15) is 0 Å². The van der Waals surface area contributed by atoms with Gasteiger partial charge in [0, 0.05) is 23.7 Å². The summed E-state index contributed by atoms with van der Waals surface area (Å²) in [4.78, 5) is 27.6. The Kier molecular flexibility index (Phi) is 7.38. The summed E-state index contributed by atoms with van der Waals surface area (Å²) in [5.41, 5.74) is 2.81. The number of carbonyl (C=O) groups excluding carboxylic acids is 2. The minimum Gasteiger partial charge on any atom is -0.335 e. The third-order valence-electron chi connectivity index (χ3n) is 4.70. The van der Waals surface area contributed by atoms with Crippen LogP contribution in [0.25, 0.3) is 0 Å². The smallest absolute Gasteiger partial charge is 0.243 e. The summed E-state index contributed by atoms with van der Waals surface area (Å²) in [6.07, 6.45) is 0. The largest absolute Gasteiger partial charge is 0.335 e. The van der Waals surface area contributed by atoms with Crippen LogP contribution in [0.15, 0.2) is 35.7 Å². The number of hydrogen-bond acceptors (Lipinski definition) is 4. The molecule has 2 N–H and O–H groups in total. The molecule has 6 heteroatoms. The Morgan fingerprint density at radius 1 is 1.11 bits per heavy atom. The molecular weight excluding hydrogens is 370 g/mol. The van der Waals surface area contributed by atoms with Gasteiger partial charge in [0.2, 0.25) is 11.8 Å². The van der Waals surface area contributed by atoms with Crippen LogP contribution in [0.5, 0.6) is 0 Å². The van der Waals surface area contributed by atoms with Gasteiger partial charge in [0.15, 0.2) is 0 Å². The van der Waals surface area contributed by atoms with E-state index in [-0.39, 0.29) is 36.4 Å². The van der Waals surface area contributed by atoms with Crippen LogP contribution in [0.3, 0.4) is 0 Å². The molecule has 1 atom stereocenters. The summed E-state index contributed by atoms with van der Waals surface area (Å²) in [7, 11) is 1.66. The van der Waals surface area contributed by atoms with Gasteiger partial charge in [-0.1, -0.05) is 45.0 Å². The van der Waals surface area contributed by atoms with Crippen molar-refractivity contribution >= 4 is 28.8 Å². The molecule has 5 nitrogen and oxygen atoms in total. The molecule has 1 unspecified atom stereocenters. The first-order chi connectivity index (χ1) is 13.1. The van der Waals surface area contributed by atoms with Crippen LogP contribution in [0.2, 0.25) is 0 Å². The Hall–Kier alpha value is -2.18. The lowest BCUT2D eigenvalue weighted by Gasteiger charge is -2.31. The molecule has 2 rings (SSSR count). The van der Waals surface area contributed by atoms with Gasteiger partial charge in [-0.15, -0.1) is 11.3 Å². The fourth-order valence-corrected chi connectivity index (χ4v) is 4.15. The number of anilines is 1. The average Bonchev–Trinajstić information content (AvgIpc) is 3.11. The van der Waals surface area contributed by atoms with Crippen LogP contribution in [-0.2, 0) is 9.59 Å². The Morgan fingerprint density at radius 3 is 2.29 bits per heavy atom. The molecule has 0 radical (unpaired) electrons. The van der Waals surface area contributed by atoms with E-state index in [2.05, 4.69) is 37.5 Å². The van der Waals surface area contributed by atoms with E-state index in [0.717, 1.165) is 16.8 Å². The fourth-order valence-electron chi connectivity index (χ4n) is 3.11. The Bertz CT molecular complexity index is 789. The highest BCUT2D eigenvalue weighted by Crippen LogP contribution is 2.34. The summed E-state index contributed by atoms with van der Waals surface area (Å²) >= 11 is 1.68. The summed E-state index contributed by atoms with van der Waals surface area (Å²) in [5, 5.41) is 8.34. The summed E-state index contributed by atoms with van der Waals surface area (Å²) < 4.78 is 0. The van der Waals surface area contributed by atoms with Crippen LogP contribution in [-0.4, -0.2) is 36.9 Å². The number of carbonyl (C=O) groups is 2. The lowest BCUT2D eigenvalue weighted by atomic mass is 9.86. The minimum atomic E-state index is -0.195. The highest BCUT2D eigenvalue weighted by atomic mass is 32.1. The second kappa shape index (κ2) is 9.34. The highest BCUT2D eigenvalue weighted by Gasteiger charge is 2.27. The van der Waals surface area contributed by atoms with Crippen molar-refractivity contribution in [2.24, 2.45) is 5.41 Å². The maximum Gasteiger partial charge on any atom is 0.243 e. The Morgan fingerprint density at radius 2 is 1.75 bits per heavy atom. The van der Waals surface area contributed by atoms with Crippen molar-refractivity contribution in [2.75, 3.05) is 25.5 Å². The molecule has 152 valence electrons. The molecule has 0 aliphatic rings. The van der Waals surface area contributed by atoms with Crippen LogP contribution < -0.4 is 10.6 Å². The Labute approximate surface area is 172 Å². The van der Waals surface area contributed by atoms with E-state index >= 15 is 0 Å². The maximum absolute atomic E-state index is 12.6. The number of benzene rings is 1. The number of nitrogens with zero attached hydrogens (tertiary/aromatic N) is 1. The first-order valence-corrected chi connectivity index (χ1v) is 10.3. The lowest BCUT2D eigenvalue weighted by molar-refractivity contribution is -0.132. The van der Waals surface area contributed by atoms with Crippen molar-refractivity contribution in [3.8, 4) is 0 Å². The molecule has 1 aromatic carbocycles. The Balaban J connectivity index is 1.92. The van der Waals surface area contributed by atoms with E-state index in [1.54, 1.807) is 18.4 Å². The minimum absolute atomic E-state index is 0.0213. The first-order valence-electron chi connectivity index (χ1n) is 9.46. The molecule has 0 aliphatic carbocycles. The predicted molar refractivity (Wildman–Crippen MR) is 117 cm³/mol. The van der Waals surface area contributed by atoms with E-state index in [1.807, 2.05) is 43.5 Å². The van der Waals surface area contributed by atoms with Crippen LogP contribution >= 0.6 is 11.3 Å². The SMILES string of the molecule is Cc1cccc(C)c1NC(=O)CN(C)C(=O)CNC(c1cccs1)C(C)(C)C. The van der Waals surface area contributed by atoms with Gasteiger partial charge in [-0.25, -0.2) is 0 Å². The third-order valence-corrected chi connectivity index (χ3v) is 5.64. The standard InChI is InChI=1S/C22H31N3O2S/c1-15-9-7-10-16(2)20(15)24-18(26)14-25(6)19(27)13-23-21(22(3,4)5)17-11-8-12-28-17/h7-12,21,23H,13-14H2,1-6H3,(H,24,26). The average molecular weight is 402 g/mol. The molecule has 1 heterocycles. The molecule has 0 saturated carbocycles. The van der Waals surface area contributed by atoms with Gasteiger partial charge in [0.25, 0.3) is 0 Å². The molecule has 0 saturated heterocycles. The van der Waals surface area contributed by atoms with Crippen LogP contribution in [0.1, 0.15) is 42.8 Å². The van der Waals surface area contributed by atoms with Gasteiger partial charge < -0.3 is 15.5 Å². The van der Waals surface area contributed by atoms with Crippen molar-refractivity contribution in [1.29, 1.82) is 0 Å². The number of hydrogen-bond donors (Lipinski definition) is 2. The van der Waals surface area contributed by atoms with Crippen LogP contribution in [0, 0.1) is 19.3 Å². The monoisotopic (exact) mass is 401 g/mol. The molecule has 28 heavy (non-hydrogen) atoms. The summed E-state index contributed by atoms with van der Waals surface area (Å²) in [5.74, 6) is -0.304. The van der Waals surface area contributed by atoms with Crippen molar-refractivity contribution in [3.63, 3.8) is 0 Å². The summed E-state index contributed by atoms with van der Waals surface area (Å²) in [6.45, 7) is 10.6. The number of thiophene rings is 1. The normalized spacial score (nSPS) is 12.5. The van der Waals surface area contributed by atoms with Crippen molar-refractivity contribution in [3.05, 3.63) is 51.7 Å². The molecule has 0 aliphatic heterocycles. The second-order valence-electron chi connectivity index (χ2n) is 8.26. The van der Waals surface area contributed by atoms with E-state index < -0.39 is 0 Å². The zero-order valence-electron chi connectivity index (χ0n) is 17.6. The van der Waals surface area contributed by atoms with Gasteiger partial charge in [-0.3, -0.25) is 9.59 Å². The molecule has 0 bridgehead atoms. The number of para-hydroxylation sites is 1. The van der Waals surface area contributed by atoms with Gasteiger partial charge in [-0.2, -0.15) is 0 Å². The zero-order valence-corrected chi connectivity index (χ0v) is 18.4. The maximum atomic E-state index is 12.6. The summed E-state index contributed by atoms with van der Waals surface area (Å²) in [6, 6.07) is 10.1. The molecule has 2 aromatic rings. The number of nitrogens with one attached hydrogen (secondary N) is 2. The van der Waals surface area contributed by atoms with Gasteiger partial charge >= 0.3 is 0 Å². The molecule has 0 fully saturated rings. The number of amides is 2. The topological polar surface area (TPSA) is 61.4 Å². The molecule has 2 amide bonds. The third kappa shape index (κ3) is 5.91. The van der Waals surface area contributed by atoms with Gasteiger partial charge in [-0.05, 0) is 41.8 Å². The van der Waals surface area contributed by atoms with Crippen LogP contribution in [0.4, 0.5) is 5.69 Å². The predicted octanol–water partition coefficient (Wildman–Crippen LogP) is 4.14.